The zero-order valence-electron chi connectivity index (χ0n) is 11.9. The van der Waals surface area contributed by atoms with Crippen molar-refractivity contribution in [1.29, 1.82) is 0 Å². The predicted molar refractivity (Wildman–Crippen MR) is 80.2 cm³/mol. The van der Waals surface area contributed by atoms with E-state index in [4.69, 9.17) is 0 Å². The van der Waals surface area contributed by atoms with E-state index in [9.17, 15) is 4.79 Å². The van der Waals surface area contributed by atoms with Crippen molar-refractivity contribution < 1.29 is 4.79 Å². The molecule has 3 heterocycles. The molecule has 0 aromatic carbocycles. The minimum atomic E-state index is -0.243. The van der Waals surface area contributed by atoms with Crippen molar-refractivity contribution in [3.05, 3.63) is 35.4 Å². The summed E-state index contributed by atoms with van der Waals surface area (Å²) in [5.41, 5.74) is 3.00. The standard InChI is InChI=1S/C13H14N6OS/c1-8-10(5-15-19(8)3)13-17-11(7-21-13)12(20)16-9-4-14-18(2)6-9/h4-7H,1-3H3,(H,16,20). The molecule has 0 aliphatic heterocycles. The molecule has 0 saturated carbocycles. The van der Waals surface area contributed by atoms with Gasteiger partial charge < -0.3 is 5.32 Å². The van der Waals surface area contributed by atoms with E-state index in [0.29, 0.717) is 11.4 Å². The quantitative estimate of drug-likeness (QED) is 0.801. The number of carbonyl (C=O) groups excluding carboxylic acids is 1. The van der Waals surface area contributed by atoms with Crippen LogP contribution in [-0.4, -0.2) is 30.5 Å². The molecule has 0 spiro atoms. The third-order valence-corrected chi connectivity index (χ3v) is 4.04. The van der Waals surface area contributed by atoms with Crippen molar-refractivity contribution in [3.8, 4) is 10.6 Å². The lowest BCUT2D eigenvalue weighted by molar-refractivity contribution is 0.102. The van der Waals surface area contributed by atoms with E-state index >= 15 is 0 Å². The molecular weight excluding hydrogens is 288 g/mol. The average molecular weight is 302 g/mol. The summed E-state index contributed by atoms with van der Waals surface area (Å²) < 4.78 is 3.41. The van der Waals surface area contributed by atoms with Gasteiger partial charge in [-0.05, 0) is 6.92 Å². The molecule has 3 aromatic rings. The van der Waals surface area contributed by atoms with Gasteiger partial charge in [0.1, 0.15) is 10.7 Å². The van der Waals surface area contributed by atoms with Crippen LogP contribution in [0.2, 0.25) is 0 Å². The number of aromatic nitrogens is 5. The summed E-state index contributed by atoms with van der Waals surface area (Å²) in [7, 11) is 3.67. The van der Waals surface area contributed by atoms with E-state index in [1.165, 1.54) is 11.3 Å². The largest absolute Gasteiger partial charge is 0.318 e. The highest BCUT2D eigenvalue weighted by atomic mass is 32.1. The van der Waals surface area contributed by atoms with E-state index in [1.54, 1.807) is 40.4 Å². The molecule has 0 aliphatic rings. The van der Waals surface area contributed by atoms with Gasteiger partial charge in [-0.15, -0.1) is 11.3 Å². The Hall–Kier alpha value is -2.48. The van der Waals surface area contributed by atoms with Crippen molar-refractivity contribution in [3.63, 3.8) is 0 Å². The van der Waals surface area contributed by atoms with Crippen LogP contribution in [0.4, 0.5) is 5.69 Å². The highest BCUT2D eigenvalue weighted by Gasteiger charge is 2.15. The first-order valence-corrected chi connectivity index (χ1v) is 7.17. The maximum atomic E-state index is 12.1. The van der Waals surface area contributed by atoms with Crippen LogP contribution in [0.15, 0.2) is 24.0 Å². The monoisotopic (exact) mass is 302 g/mol. The molecule has 0 bridgehead atoms. The summed E-state index contributed by atoms with van der Waals surface area (Å²) in [6.45, 7) is 1.97. The van der Waals surface area contributed by atoms with Gasteiger partial charge in [0.25, 0.3) is 5.91 Å². The normalized spacial score (nSPS) is 10.8. The van der Waals surface area contributed by atoms with Crippen LogP contribution in [0.3, 0.4) is 0 Å². The van der Waals surface area contributed by atoms with Crippen LogP contribution in [0.25, 0.3) is 10.6 Å². The van der Waals surface area contributed by atoms with Crippen LogP contribution < -0.4 is 5.32 Å². The van der Waals surface area contributed by atoms with Gasteiger partial charge in [0.15, 0.2) is 0 Å². The maximum absolute atomic E-state index is 12.1. The van der Waals surface area contributed by atoms with Gasteiger partial charge >= 0.3 is 0 Å². The van der Waals surface area contributed by atoms with E-state index in [-0.39, 0.29) is 5.91 Å². The molecule has 108 valence electrons. The van der Waals surface area contributed by atoms with Crippen LogP contribution in [-0.2, 0) is 14.1 Å². The van der Waals surface area contributed by atoms with E-state index < -0.39 is 0 Å². The third-order valence-electron chi connectivity index (χ3n) is 3.17. The van der Waals surface area contributed by atoms with Gasteiger partial charge in [-0.25, -0.2) is 4.98 Å². The van der Waals surface area contributed by atoms with E-state index in [1.807, 2.05) is 14.0 Å². The minimum Gasteiger partial charge on any atom is -0.318 e. The summed E-state index contributed by atoms with van der Waals surface area (Å²) in [6.07, 6.45) is 5.09. The molecule has 0 radical (unpaired) electrons. The number of amides is 1. The summed E-state index contributed by atoms with van der Waals surface area (Å²) in [4.78, 5) is 16.5. The van der Waals surface area contributed by atoms with Gasteiger partial charge in [-0.1, -0.05) is 0 Å². The summed E-state index contributed by atoms with van der Waals surface area (Å²) >= 11 is 1.43. The molecule has 8 heteroatoms. The van der Waals surface area contributed by atoms with Crippen LogP contribution >= 0.6 is 11.3 Å². The highest BCUT2D eigenvalue weighted by molar-refractivity contribution is 7.13. The van der Waals surface area contributed by atoms with Crippen LogP contribution in [0.1, 0.15) is 16.2 Å². The maximum Gasteiger partial charge on any atom is 0.275 e. The van der Waals surface area contributed by atoms with Crippen molar-refractivity contribution >= 4 is 22.9 Å². The smallest absolute Gasteiger partial charge is 0.275 e. The topological polar surface area (TPSA) is 77.6 Å². The summed E-state index contributed by atoms with van der Waals surface area (Å²) in [5, 5.41) is 13.5. The first-order valence-electron chi connectivity index (χ1n) is 6.29. The van der Waals surface area contributed by atoms with Gasteiger partial charge in [0.2, 0.25) is 0 Å². The number of nitrogens with zero attached hydrogens (tertiary/aromatic N) is 5. The molecule has 0 atom stereocenters. The predicted octanol–water partition coefficient (Wildman–Crippen LogP) is 1.84. The lowest BCUT2D eigenvalue weighted by Gasteiger charge is -1.98. The van der Waals surface area contributed by atoms with Crippen molar-refractivity contribution in [2.24, 2.45) is 14.1 Å². The fourth-order valence-electron chi connectivity index (χ4n) is 1.89. The first-order chi connectivity index (χ1) is 10.0. The highest BCUT2D eigenvalue weighted by Crippen LogP contribution is 2.26. The Morgan fingerprint density at radius 1 is 1.29 bits per heavy atom. The second-order valence-corrected chi connectivity index (χ2v) is 5.52. The lowest BCUT2D eigenvalue weighted by Crippen LogP contribution is -2.11. The fourth-order valence-corrected chi connectivity index (χ4v) is 2.75. The molecule has 7 nitrogen and oxygen atoms in total. The Kier molecular flexibility index (Phi) is 3.30. The molecule has 1 N–H and O–H groups in total. The molecule has 0 aliphatic carbocycles. The second kappa shape index (κ2) is 5.13. The number of nitrogens with one attached hydrogen (secondary N) is 1. The molecular formula is C13H14N6OS. The van der Waals surface area contributed by atoms with Gasteiger partial charge in [-0.2, -0.15) is 10.2 Å². The molecule has 3 aromatic heterocycles. The van der Waals surface area contributed by atoms with Gasteiger partial charge in [0, 0.05) is 31.4 Å². The summed E-state index contributed by atoms with van der Waals surface area (Å²) in [5.74, 6) is -0.243. The zero-order valence-corrected chi connectivity index (χ0v) is 12.7. The number of anilines is 1. The van der Waals surface area contributed by atoms with Crippen molar-refractivity contribution in [2.75, 3.05) is 5.32 Å². The Balaban J connectivity index is 1.81. The first kappa shape index (κ1) is 13.5. The Morgan fingerprint density at radius 3 is 2.71 bits per heavy atom. The van der Waals surface area contributed by atoms with Gasteiger partial charge in [0.05, 0.1) is 23.6 Å². The number of hydrogen-bond acceptors (Lipinski definition) is 5. The zero-order chi connectivity index (χ0) is 15.0. The Morgan fingerprint density at radius 2 is 2.10 bits per heavy atom. The number of aryl methyl sites for hydroxylation is 2. The Bertz CT molecular complexity index is 799. The van der Waals surface area contributed by atoms with Crippen LogP contribution in [0.5, 0.6) is 0 Å². The van der Waals surface area contributed by atoms with E-state index in [2.05, 4.69) is 20.5 Å². The minimum absolute atomic E-state index is 0.243. The molecule has 0 unspecified atom stereocenters. The fraction of sp³-hybridized carbons (Fsp3) is 0.231. The van der Waals surface area contributed by atoms with Crippen molar-refractivity contribution in [2.45, 2.75) is 6.92 Å². The third kappa shape index (κ3) is 2.57. The number of carbonyl (C=O) groups is 1. The van der Waals surface area contributed by atoms with Gasteiger partial charge in [-0.3, -0.25) is 14.2 Å². The number of hydrogen-bond donors (Lipinski definition) is 1. The number of rotatable bonds is 3. The summed E-state index contributed by atoms with van der Waals surface area (Å²) in [6, 6.07) is 0. The Labute approximate surface area is 125 Å². The molecule has 0 saturated heterocycles. The molecule has 3 rings (SSSR count). The average Bonchev–Trinajstić information content (AvgIpc) is 3.13. The SMILES string of the molecule is Cc1c(-c2nc(C(=O)Nc3cnn(C)c3)cs2)cnn1C. The van der Waals surface area contributed by atoms with E-state index in [0.717, 1.165) is 16.3 Å². The van der Waals surface area contributed by atoms with Crippen molar-refractivity contribution in [1.82, 2.24) is 24.5 Å². The molecule has 21 heavy (non-hydrogen) atoms. The second-order valence-electron chi connectivity index (χ2n) is 4.66. The number of thiazole rings is 1. The molecule has 1 amide bonds. The lowest BCUT2D eigenvalue weighted by atomic mass is 10.3. The molecule has 0 fully saturated rings. The van der Waals surface area contributed by atoms with Crippen LogP contribution in [0, 0.1) is 6.92 Å².